The van der Waals surface area contributed by atoms with E-state index in [0.29, 0.717) is 6.42 Å². The van der Waals surface area contributed by atoms with E-state index in [9.17, 15) is 14.4 Å². The predicted molar refractivity (Wildman–Crippen MR) is 102 cm³/mol. The van der Waals surface area contributed by atoms with Crippen molar-refractivity contribution in [1.82, 2.24) is 4.90 Å². The van der Waals surface area contributed by atoms with Gasteiger partial charge >= 0.3 is 5.97 Å². The molecule has 2 amide bonds. The van der Waals surface area contributed by atoms with Gasteiger partial charge in [0.2, 0.25) is 11.8 Å². The molecule has 1 atom stereocenters. The molecule has 0 saturated heterocycles. The number of para-hydroxylation sites is 1. The van der Waals surface area contributed by atoms with Crippen molar-refractivity contribution in [3.8, 4) is 0 Å². The molecule has 0 radical (unpaired) electrons. The average Bonchev–Trinajstić information content (AvgIpc) is 2.85. The first kappa shape index (κ1) is 18.6. The van der Waals surface area contributed by atoms with E-state index in [1.165, 1.54) is 7.05 Å². The Kier molecular flexibility index (Phi) is 4.99. The molecule has 0 saturated carbocycles. The highest BCUT2D eigenvalue weighted by Gasteiger charge is 2.51. The number of nitrogens with zero attached hydrogens (tertiary/aromatic N) is 2. The number of benzene rings is 2. The molecule has 1 N–H and O–H groups in total. The van der Waals surface area contributed by atoms with E-state index in [1.807, 2.05) is 54.6 Å². The van der Waals surface area contributed by atoms with Crippen molar-refractivity contribution in [2.24, 2.45) is 0 Å². The molecule has 2 aromatic rings. The molecule has 27 heavy (non-hydrogen) atoms. The second kappa shape index (κ2) is 7.23. The minimum Gasteiger partial charge on any atom is -0.480 e. The molecule has 140 valence electrons. The zero-order valence-electron chi connectivity index (χ0n) is 15.4. The molecule has 1 aliphatic rings. The number of likely N-dealkylation sites (N-methyl/N-ethyl adjacent to an activating group) is 2. The van der Waals surface area contributed by atoms with E-state index in [-0.39, 0.29) is 18.2 Å². The number of carboxylic acid groups (broad SMARTS) is 1. The quantitative estimate of drug-likeness (QED) is 0.849. The molecule has 1 aliphatic heterocycles. The van der Waals surface area contributed by atoms with E-state index in [4.69, 9.17) is 5.11 Å². The van der Waals surface area contributed by atoms with Gasteiger partial charge in [-0.15, -0.1) is 0 Å². The van der Waals surface area contributed by atoms with E-state index in [0.717, 1.165) is 21.7 Å². The zero-order valence-corrected chi connectivity index (χ0v) is 15.4. The lowest BCUT2D eigenvalue weighted by atomic mass is 9.73. The van der Waals surface area contributed by atoms with Crippen LogP contribution in [0.25, 0.3) is 0 Å². The Bertz CT molecular complexity index is 881. The highest BCUT2D eigenvalue weighted by atomic mass is 16.4. The summed E-state index contributed by atoms with van der Waals surface area (Å²) in [5, 5.41) is 8.98. The number of hydrogen-bond donors (Lipinski definition) is 1. The first-order valence-corrected chi connectivity index (χ1v) is 8.72. The maximum atomic E-state index is 13.3. The number of carbonyl (C=O) groups excluding carboxylic acids is 2. The standard InChI is InChI=1S/C21H22N2O4/c1-22(14-19(25)26)18(24)13-21(12-15-8-4-3-5-9-15)16-10-6-7-11-17(16)23(2)20(21)27/h3-11H,12-14H2,1-2H3,(H,25,26). The van der Waals surface area contributed by atoms with Gasteiger partial charge in [-0.1, -0.05) is 48.5 Å². The van der Waals surface area contributed by atoms with Crippen LogP contribution in [0.15, 0.2) is 54.6 Å². The van der Waals surface area contributed by atoms with Crippen molar-refractivity contribution in [2.75, 3.05) is 25.5 Å². The number of aliphatic carboxylic acids is 1. The maximum absolute atomic E-state index is 13.3. The van der Waals surface area contributed by atoms with E-state index in [2.05, 4.69) is 0 Å². The number of carbonyl (C=O) groups is 3. The van der Waals surface area contributed by atoms with E-state index in [1.54, 1.807) is 11.9 Å². The SMILES string of the molecule is CN(CC(=O)O)C(=O)CC1(Cc2ccccc2)C(=O)N(C)c2ccccc21. The van der Waals surface area contributed by atoms with Gasteiger partial charge in [0.15, 0.2) is 0 Å². The van der Waals surface area contributed by atoms with E-state index >= 15 is 0 Å². The largest absolute Gasteiger partial charge is 0.480 e. The molecule has 0 spiro atoms. The summed E-state index contributed by atoms with van der Waals surface area (Å²) < 4.78 is 0. The minimum absolute atomic E-state index is 0.0775. The van der Waals surface area contributed by atoms with Crippen LogP contribution >= 0.6 is 0 Å². The first-order chi connectivity index (χ1) is 12.8. The Labute approximate surface area is 158 Å². The molecule has 0 aromatic heterocycles. The highest BCUT2D eigenvalue weighted by molar-refractivity contribution is 6.10. The van der Waals surface area contributed by atoms with Crippen molar-refractivity contribution in [3.05, 3.63) is 65.7 Å². The summed E-state index contributed by atoms with van der Waals surface area (Å²) in [7, 11) is 3.15. The Morgan fingerprint density at radius 2 is 1.70 bits per heavy atom. The number of rotatable bonds is 6. The van der Waals surface area contributed by atoms with Crippen molar-refractivity contribution >= 4 is 23.5 Å². The van der Waals surface area contributed by atoms with Crippen LogP contribution in [-0.4, -0.2) is 48.4 Å². The molecular formula is C21H22N2O4. The molecule has 1 heterocycles. The lowest BCUT2D eigenvalue weighted by Crippen LogP contribution is -2.45. The van der Waals surface area contributed by atoms with Gasteiger partial charge in [-0.05, 0) is 23.6 Å². The number of hydrogen-bond acceptors (Lipinski definition) is 3. The molecule has 6 heteroatoms. The summed E-state index contributed by atoms with van der Waals surface area (Å²) in [6.45, 7) is -0.397. The molecule has 1 unspecified atom stereocenters. The van der Waals surface area contributed by atoms with Gasteiger partial charge in [0.05, 0.1) is 5.41 Å². The second-order valence-corrected chi connectivity index (χ2v) is 6.95. The third-order valence-electron chi connectivity index (χ3n) is 5.09. The van der Waals surface area contributed by atoms with Gasteiger partial charge in [0, 0.05) is 26.2 Å². The van der Waals surface area contributed by atoms with Crippen LogP contribution in [0.3, 0.4) is 0 Å². The molecule has 0 aliphatic carbocycles. The second-order valence-electron chi connectivity index (χ2n) is 6.95. The fraction of sp³-hybridized carbons (Fsp3) is 0.286. The van der Waals surface area contributed by atoms with Gasteiger partial charge in [-0.3, -0.25) is 14.4 Å². The monoisotopic (exact) mass is 366 g/mol. The normalized spacial score (nSPS) is 18.3. The van der Waals surface area contributed by atoms with Crippen LogP contribution in [-0.2, 0) is 26.2 Å². The van der Waals surface area contributed by atoms with E-state index < -0.39 is 17.9 Å². The van der Waals surface area contributed by atoms with Crippen LogP contribution in [0, 0.1) is 0 Å². The fourth-order valence-electron chi connectivity index (χ4n) is 3.75. The molecule has 2 aromatic carbocycles. The smallest absolute Gasteiger partial charge is 0.323 e. The van der Waals surface area contributed by atoms with Crippen molar-refractivity contribution in [3.63, 3.8) is 0 Å². The number of fused-ring (bicyclic) bond motifs is 1. The van der Waals surface area contributed by atoms with Crippen LogP contribution in [0.5, 0.6) is 0 Å². The van der Waals surface area contributed by atoms with Gasteiger partial charge in [-0.2, -0.15) is 0 Å². The Balaban J connectivity index is 2.04. The van der Waals surface area contributed by atoms with Crippen molar-refractivity contribution in [1.29, 1.82) is 0 Å². The highest BCUT2D eigenvalue weighted by Crippen LogP contribution is 2.45. The van der Waals surface area contributed by atoms with Crippen LogP contribution in [0.4, 0.5) is 5.69 Å². The molecular weight excluding hydrogens is 344 g/mol. The average molecular weight is 366 g/mol. The topological polar surface area (TPSA) is 77.9 Å². The zero-order chi connectivity index (χ0) is 19.6. The van der Waals surface area contributed by atoms with Gasteiger partial charge in [-0.25, -0.2) is 0 Å². The Morgan fingerprint density at radius 3 is 2.37 bits per heavy atom. The lowest BCUT2D eigenvalue weighted by molar-refractivity contribution is -0.144. The van der Waals surface area contributed by atoms with Crippen LogP contribution < -0.4 is 4.90 Å². The maximum Gasteiger partial charge on any atom is 0.323 e. The van der Waals surface area contributed by atoms with Crippen molar-refractivity contribution in [2.45, 2.75) is 18.3 Å². The summed E-state index contributed by atoms with van der Waals surface area (Å²) in [5.41, 5.74) is 1.49. The number of carboxylic acids is 1. The summed E-state index contributed by atoms with van der Waals surface area (Å²) >= 11 is 0. The summed E-state index contributed by atoms with van der Waals surface area (Å²) in [6.07, 6.45) is 0.298. The lowest BCUT2D eigenvalue weighted by Gasteiger charge is -2.30. The molecule has 0 fully saturated rings. The van der Waals surface area contributed by atoms with Crippen LogP contribution in [0.2, 0.25) is 0 Å². The predicted octanol–water partition coefficient (Wildman–Crippen LogP) is 2.08. The van der Waals surface area contributed by atoms with Gasteiger partial charge in [0.25, 0.3) is 0 Å². The first-order valence-electron chi connectivity index (χ1n) is 8.72. The Hall–Kier alpha value is -3.15. The molecule has 6 nitrogen and oxygen atoms in total. The summed E-state index contributed by atoms with van der Waals surface area (Å²) in [5.74, 6) is -1.60. The number of anilines is 1. The fourth-order valence-corrected chi connectivity index (χ4v) is 3.75. The summed E-state index contributed by atoms with van der Waals surface area (Å²) in [6, 6.07) is 17.0. The molecule has 3 rings (SSSR count). The van der Waals surface area contributed by atoms with Crippen LogP contribution in [0.1, 0.15) is 17.5 Å². The van der Waals surface area contributed by atoms with Gasteiger partial charge in [0.1, 0.15) is 6.54 Å². The summed E-state index contributed by atoms with van der Waals surface area (Å²) in [4.78, 5) is 39.8. The van der Waals surface area contributed by atoms with Crippen molar-refractivity contribution < 1.29 is 19.5 Å². The Morgan fingerprint density at radius 1 is 1.07 bits per heavy atom. The third-order valence-corrected chi connectivity index (χ3v) is 5.09. The number of amides is 2. The third kappa shape index (κ3) is 3.43. The minimum atomic E-state index is -1.08. The molecule has 0 bridgehead atoms. The van der Waals surface area contributed by atoms with Gasteiger partial charge < -0.3 is 14.9 Å².